The van der Waals surface area contributed by atoms with Crippen LogP contribution in [0.4, 0.5) is 0 Å². The van der Waals surface area contributed by atoms with E-state index >= 15 is 0 Å². The predicted octanol–water partition coefficient (Wildman–Crippen LogP) is 2.18. The molecule has 0 N–H and O–H groups in total. The minimum atomic E-state index is -1.40. The van der Waals surface area contributed by atoms with Crippen molar-refractivity contribution in [2.75, 3.05) is 14.2 Å². The van der Waals surface area contributed by atoms with Gasteiger partial charge in [0, 0.05) is 6.08 Å². The fourth-order valence-electron chi connectivity index (χ4n) is 2.63. The zero-order valence-electron chi connectivity index (χ0n) is 14.3. The summed E-state index contributed by atoms with van der Waals surface area (Å²) in [5.74, 6) is -2.10. The van der Waals surface area contributed by atoms with E-state index in [0.717, 1.165) is 0 Å². The highest BCUT2D eigenvalue weighted by Gasteiger charge is 2.54. The normalized spacial score (nSPS) is 20.4. The molecule has 0 amide bonds. The van der Waals surface area contributed by atoms with Crippen molar-refractivity contribution in [1.82, 2.24) is 0 Å². The van der Waals surface area contributed by atoms with Crippen LogP contribution in [-0.4, -0.2) is 37.7 Å². The van der Waals surface area contributed by atoms with Gasteiger partial charge in [-0.2, -0.15) is 0 Å². The Morgan fingerprint density at radius 3 is 2.13 bits per heavy atom. The molecule has 0 unspecified atom stereocenters. The molecule has 1 rings (SSSR count). The van der Waals surface area contributed by atoms with Crippen LogP contribution in [0.25, 0.3) is 0 Å². The van der Waals surface area contributed by atoms with Crippen molar-refractivity contribution >= 4 is 17.9 Å². The third-order valence-corrected chi connectivity index (χ3v) is 3.65. The van der Waals surface area contributed by atoms with Crippen LogP contribution in [0.15, 0.2) is 24.3 Å². The zero-order valence-corrected chi connectivity index (χ0v) is 14.3. The van der Waals surface area contributed by atoms with Crippen molar-refractivity contribution in [1.29, 1.82) is 0 Å². The first-order valence-corrected chi connectivity index (χ1v) is 7.31. The first-order chi connectivity index (χ1) is 10.6. The van der Waals surface area contributed by atoms with Gasteiger partial charge in [0.05, 0.1) is 14.2 Å². The molecule has 6 nitrogen and oxygen atoms in total. The number of carbonyl (C=O) groups is 3. The summed E-state index contributed by atoms with van der Waals surface area (Å²) < 4.78 is 14.7. The van der Waals surface area contributed by atoms with Gasteiger partial charge < -0.3 is 14.2 Å². The van der Waals surface area contributed by atoms with Gasteiger partial charge in [-0.05, 0) is 39.5 Å². The summed E-state index contributed by atoms with van der Waals surface area (Å²) in [7, 11) is 2.44. The Hall–Kier alpha value is -2.11. The second-order valence-electron chi connectivity index (χ2n) is 6.60. The average molecular weight is 324 g/mol. The lowest BCUT2D eigenvalue weighted by Crippen LogP contribution is -2.39. The third-order valence-electron chi connectivity index (χ3n) is 3.65. The number of allylic oxidation sites excluding steroid dienone is 2. The maximum atomic E-state index is 12.1. The van der Waals surface area contributed by atoms with Crippen LogP contribution in [-0.2, 0) is 28.6 Å². The topological polar surface area (TPSA) is 78.9 Å². The maximum absolute atomic E-state index is 12.1. The Morgan fingerprint density at radius 1 is 1.17 bits per heavy atom. The van der Waals surface area contributed by atoms with E-state index in [1.54, 1.807) is 26.8 Å². The second-order valence-corrected chi connectivity index (χ2v) is 6.60. The highest BCUT2D eigenvalue weighted by molar-refractivity contribution is 6.01. The summed E-state index contributed by atoms with van der Waals surface area (Å²) in [5, 5.41) is 0. The summed E-state index contributed by atoms with van der Waals surface area (Å²) in [6.07, 6.45) is 3.19. The van der Waals surface area contributed by atoms with E-state index < -0.39 is 28.9 Å². The number of hydrogen-bond acceptors (Lipinski definition) is 6. The largest absolute Gasteiger partial charge is 0.468 e. The molecule has 23 heavy (non-hydrogen) atoms. The Kier molecular flexibility index (Phi) is 5.75. The molecular formula is C17H24O6. The van der Waals surface area contributed by atoms with E-state index in [2.05, 4.69) is 6.58 Å². The van der Waals surface area contributed by atoms with Crippen LogP contribution in [0.1, 0.15) is 33.6 Å². The van der Waals surface area contributed by atoms with Gasteiger partial charge in [0.2, 0.25) is 0 Å². The molecule has 0 bridgehead atoms. The van der Waals surface area contributed by atoms with Crippen molar-refractivity contribution in [2.24, 2.45) is 11.3 Å². The minimum Gasteiger partial charge on any atom is -0.468 e. The van der Waals surface area contributed by atoms with Gasteiger partial charge in [-0.1, -0.05) is 18.2 Å². The van der Waals surface area contributed by atoms with E-state index in [1.165, 1.54) is 20.3 Å². The number of hydrogen-bond donors (Lipinski definition) is 0. The fourth-order valence-corrected chi connectivity index (χ4v) is 2.63. The molecule has 0 heterocycles. The van der Waals surface area contributed by atoms with Gasteiger partial charge in [0.1, 0.15) is 5.60 Å². The monoisotopic (exact) mass is 324 g/mol. The molecule has 6 heteroatoms. The van der Waals surface area contributed by atoms with Gasteiger partial charge in [0.25, 0.3) is 0 Å². The molecule has 0 aromatic carbocycles. The highest BCUT2D eigenvalue weighted by atomic mass is 16.6. The molecule has 1 atom stereocenters. The van der Waals surface area contributed by atoms with Crippen LogP contribution < -0.4 is 0 Å². The summed E-state index contributed by atoms with van der Waals surface area (Å²) in [5.41, 5.74) is -1.32. The van der Waals surface area contributed by atoms with Crippen LogP contribution >= 0.6 is 0 Å². The number of rotatable bonds is 4. The summed E-state index contributed by atoms with van der Waals surface area (Å²) in [6, 6.07) is 0. The Balaban J connectivity index is 2.92. The van der Waals surface area contributed by atoms with Crippen molar-refractivity contribution in [2.45, 2.75) is 39.2 Å². The number of carbonyl (C=O) groups excluding carboxylic acids is 3. The van der Waals surface area contributed by atoms with Gasteiger partial charge in [0.15, 0.2) is 5.41 Å². The second kappa shape index (κ2) is 6.98. The average Bonchev–Trinajstić information content (AvgIpc) is 2.79. The molecule has 1 fully saturated rings. The van der Waals surface area contributed by atoms with Crippen molar-refractivity contribution in [3.8, 4) is 0 Å². The maximum Gasteiger partial charge on any atom is 0.330 e. The van der Waals surface area contributed by atoms with Crippen LogP contribution in [0.5, 0.6) is 0 Å². The summed E-state index contributed by atoms with van der Waals surface area (Å²) in [4.78, 5) is 35.9. The first-order valence-electron chi connectivity index (χ1n) is 7.31. The standard InChI is InChI=1S/C17H24O6/c1-11-9-17(14(19)21-5,15(20)22-6)10-12(11)7-8-13(18)23-16(2,3)4/h7-8,12H,1,9-10H2,2-6H3/b8-7+/t12-/m0/s1. The highest BCUT2D eigenvalue weighted by Crippen LogP contribution is 2.47. The van der Waals surface area contributed by atoms with Gasteiger partial charge in [-0.15, -0.1) is 0 Å². The van der Waals surface area contributed by atoms with Crippen molar-refractivity contribution in [3.63, 3.8) is 0 Å². The smallest absolute Gasteiger partial charge is 0.330 e. The van der Waals surface area contributed by atoms with Gasteiger partial charge in [-0.25, -0.2) is 4.79 Å². The lowest BCUT2D eigenvalue weighted by atomic mass is 9.85. The first kappa shape index (κ1) is 18.9. The van der Waals surface area contributed by atoms with Crippen LogP contribution in [0.3, 0.4) is 0 Å². The molecule has 128 valence electrons. The van der Waals surface area contributed by atoms with Gasteiger partial charge >= 0.3 is 17.9 Å². The molecule has 0 aliphatic heterocycles. The summed E-state index contributed by atoms with van der Waals surface area (Å²) >= 11 is 0. The Bertz CT molecular complexity index is 522. The predicted molar refractivity (Wildman–Crippen MR) is 83.3 cm³/mol. The van der Waals surface area contributed by atoms with Crippen LogP contribution in [0, 0.1) is 11.3 Å². The molecular weight excluding hydrogens is 300 g/mol. The quantitative estimate of drug-likeness (QED) is 0.259. The van der Waals surface area contributed by atoms with E-state index in [0.29, 0.717) is 5.57 Å². The zero-order chi connectivity index (χ0) is 17.8. The molecule has 0 radical (unpaired) electrons. The molecule has 0 aromatic rings. The Morgan fingerprint density at radius 2 is 1.70 bits per heavy atom. The molecule has 1 aliphatic carbocycles. The lowest BCUT2D eigenvalue weighted by molar-refractivity contribution is -0.168. The molecule has 0 aromatic heterocycles. The van der Waals surface area contributed by atoms with Crippen molar-refractivity contribution in [3.05, 3.63) is 24.3 Å². The number of esters is 3. The molecule has 1 saturated carbocycles. The SMILES string of the molecule is C=C1CC(C(=O)OC)(C(=O)OC)C[C@@H]1/C=C/C(=O)OC(C)(C)C. The fraction of sp³-hybridized carbons (Fsp3) is 0.588. The number of methoxy groups -OCH3 is 2. The third kappa shape index (κ3) is 4.43. The van der Waals surface area contributed by atoms with E-state index in [4.69, 9.17) is 14.2 Å². The van der Waals surface area contributed by atoms with Crippen molar-refractivity contribution < 1.29 is 28.6 Å². The van der Waals surface area contributed by atoms with Crippen LogP contribution in [0.2, 0.25) is 0 Å². The molecule has 0 saturated heterocycles. The summed E-state index contributed by atoms with van der Waals surface area (Å²) in [6.45, 7) is 9.21. The van der Waals surface area contributed by atoms with Gasteiger partial charge in [-0.3, -0.25) is 9.59 Å². The van der Waals surface area contributed by atoms with E-state index in [9.17, 15) is 14.4 Å². The number of ether oxygens (including phenoxy) is 3. The van der Waals surface area contributed by atoms with E-state index in [1.807, 2.05) is 0 Å². The Labute approximate surface area is 136 Å². The van der Waals surface area contributed by atoms with E-state index in [-0.39, 0.29) is 18.8 Å². The minimum absolute atomic E-state index is 0.135. The molecule has 0 spiro atoms. The molecule has 1 aliphatic rings. The lowest BCUT2D eigenvalue weighted by Gasteiger charge is -2.22.